The van der Waals surface area contributed by atoms with Crippen LogP contribution in [0, 0.1) is 5.92 Å². The zero-order valence-electron chi connectivity index (χ0n) is 28.6. The van der Waals surface area contributed by atoms with Crippen molar-refractivity contribution in [1.82, 2.24) is 0 Å². The fraction of sp³-hybridized carbons (Fsp3) is 1.00. The largest absolute Gasteiger partial charge is 0.373 e. The number of ether oxygens (including phenoxy) is 7. The Morgan fingerprint density at radius 3 is 1.24 bits per heavy atom. The van der Waals surface area contributed by atoms with Crippen molar-refractivity contribution in [2.45, 2.75) is 155 Å². The molecule has 0 aromatic carbocycles. The summed E-state index contributed by atoms with van der Waals surface area (Å²) in [6.45, 7) is 12.3. The lowest BCUT2D eigenvalue weighted by atomic mass is 9.93. The number of hydrogen-bond donors (Lipinski definition) is 1. The number of methoxy groups -OCH3 is 4. The molecule has 0 rings (SSSR count). The van der Waals surface area contributed by atoms with Gasteiger partial charge in [0.15, 0.2) is 0 Å². The summed E-state index contributed by atoms with van der Waals surface area (Å²) in [7, 11) is 6.37. The molecule has 7 nitrogen and oxygen atoms in total. The van der Waals surface area contributed by atoms with Gasteiger partial charge in [-0.3, -0.25) is 0 Å². The highest BCUT2D eigenvalue weighted by atomic mass is 32.1. The van der Waals surface area contributed by atoms with Crippen LogP contribution in [0.15, 0.2) is 0 Å². The van der Waals surface area contributed by atoms with Gasteiger partial charge in [-0.2, -0.15) is 12.6 Å². The molecule has 41 heavy (non-hydrogen) atoms. The van der Waals surface area contributed by atoms with Crippen molar-refractivity contribution >= 4 is 12.6 Å². The van der Waals surface area contributed by atoms with Crippen molar-refractivity contribution in [2.24, 2.45) is 5.92 Å². The predicted octanol–water partition coefficient (Wildman–Crippen LogP) is 9.17. The number of unbranched alkanes of at least 4 members (excludes halogenated alkanes) is 10. The second-order valence-electron chi connectivity index (χ2n) is 10.5. The Bertz CT molecular complexity index is 495. The summed E-state index contributed by atoms with van der Waals surface area (Å²) in [4.78, 5) is 0. The third kappa shape index (κ3) is 19.1. The topological polar surface area (TPSA) is 64.6 Å². The zero-order valence-corrected chi connectivity index (χ0v) is 29.5. The summed E-state index contributed by atoms with van der Waals surface area (Å²) in [6, 6.07) is 0. The van der Waals surface area contributed by atoms with Gasteiger partial charge in [0, 0.05) is 54.2 Å². The Balaban J connectivity index is 0. The molecule has 0 saturated carbocycles. The molecule has 0 heterocycles. The van der Waals surface area contributed by atoms with Crippen molar-refractivity contribution in [3.63, 3.8) is 0 Å². The number of thiol groups is 1. The van der Waals surface area contributed by atoms with Crippen LogP contribution in [0.25, 0.3) is 0 Å². The van der Waals surface area contributed by atoms with Gasteiger partial charge in [-0.1, -0.05) is 90.9 Å². The maximum atomic E-state index is 6.00. The Labute approximate surface area is 260 Å². The second kappa shape index (κ2) is 30.1. The first-order valence-corrected chi connectivity index (χ1v) is 17.2. The molecule has 0 saturated heterocycles. The van der Waals surface area contributed by atoms with Crippen molar-refractivity contribution in [3.05, 3.63) is 0 Å². The van der Waals surface area contributed by atoms with E-state index in [1.54, 1.807) is 28.4 Å². The van der Waals surface area contributed by atoms with Gasteiger partial charge in [0.2, 0.25) is 0 Å². The molecule has 0 amide bonds. The average Bonchev–Trinajstić information content (AvgIpc) is 2.98. The lowest BCUT2D eigenvalue weighted by Crippen LogP contribution is -2.48. The summed E-state index contributed by atoms with van der Waals surface area (Å²) >= 11 is 4.37. The molecule has 250 valence electrons. The van der Waals surface area contributed by atoms with E-state index in [0.29, 0.717) is 19.8 Å². The van der Waals surface area contributed by atoms with Crippen LogP contribution in [0.5, 0.6) is 0 Å². The normalized spacial score (nSPS) is 13.6. The summed E-state index contributed by atoms with van der Waals surface area (Å²) in [6.07, 6.45) is 19.2. The second-order valence-corrected chi connectivity index (χ2v) is 11.0. The van der Waals surface area contributed by atoms with Crippen LogP contribution in [0.2, 0.25) is 0 Å². The fourth-order valence-electron chi connectivity index (χ4n) is 5.28. The smallest absolute Gasteiger partial charge is 0.310 e. The van der Waals surface area contributed by atoms with E-state index in [2.05, 4.69) is 26.5 Å². The van der Waals surface area contributed by atoms with E-state index in [0.717, 1.165) is 37.9 Å². The van der Waals surface area contributed by atoms with Gasteiger partial charge in [-0.05, 0) is 52.2 Å². The lowest BCUT2D eigenvalue weighted by molar-refractivity contribution is -0.403. The first-order valence-electron chi connectivity index (χ1n) is 16.6. The van der Waals surface area contributed by atoms with Gasteiger partial charge in [0.05, 0.1) is 0 Å². The SMILES string of the molecule is CCCCCCCCC(CCCS)C(OCC)(OCC)OCC.CCCCCCCCC(OC)C(OC)(OC)OC. The fourth-order valence-corrected chi connectivity index (χ4v) is 5.46. The van der Waals surface area contributed by atoms with E-state index in [-0.39, 0.29) is 12.0 Å². The molecule has 0 spiro atoms. The van der Waals surface area contributed by atoms with Crippen LogP contribution >= 0.6 is 12.6 Å². The molecule has 0 aliphatic carbocycles. The highest BCUT2D eigenvalue weighted by Gasteiger charge is 2.41. The van der Waals surface area contributed by atoms with E-state index < -0.39 is 11.9 Å². The van der Waals surface area contributed by atoms with Crippen molar-refractivity contribution in [1.29, 1.82) is 0 Å². The summed E-state index contributed by atoms with van der Waals surface area (Å²) in [5, 5.41) is 0. The number of hydrogen-bond acceptors (Lipinski definition) is 8. The molecule has 0 radical (unpaired) electrons. The summed E-state index contributed by atoms with van der Waals surface area (Å²) < 4.78 is 39.4. The third-order valence-electron chi connectivity index (χ3n) is 7.51. The molecule has 2 unspecified atom stereocenters. The zero-order chi connectivity index (χ0) is 31.2. The van der Waals surface area contributed by atoms with E-state index in [1.807, 2.05) is 20.8 Å². The molecule has 0 aromatic heterocycles. The molecule has 0 N–H and O–H groups in total. The third-order valence-corrected chi connectivity index (χ3v) is 7.82. The molecule has 0 aromatic rings. The van der Waals surface area contributed by atoms with Crippen LogP contribution in [0.3, 0.4) is 0 Å². The summed E-state index contributed by atoms with van der Waals surface area (Å²) in [5.74, 6) is -0.781. The first kappa shape index (κ1) is 43.2. The van der Waals surface area contributed by atoms with E-state index in [9.17, 15) is 0 Å². The highest BCUT2D eigenvalue weighted by Crippen LogP contribution is 2.34. The maximum Gasteiger partial charge on any atom is 0.310 e. The van der Waals surface area contributed by atoms with Gasteiger partial charge in [-0.25, -0.2) is 0 Å². The Kier molecular flexibility index (Phi) is 31.7. The minimum atomic E-state index is -1.09. The van der Waals surface area contributed by atoms with Crippen LogP contribution < -0.4 is 0 Å². The van der Waals surface area contributed by atoms with Gasteiger partial charge < -0.3 is 33.2 Å². The maximum absolute atomic E-state index is 6.00. The monoisotopic (exact) mass is 610 g/mol. The van der Waals surface area contributed by atoms with E-state index in [4.69, 9.17) is 33.2 Å². The van der Waals surface area contributed by atoms with Gasteiger partial charge in [0.25, 0.3) is 5.97 Å². The molecular weight excluding hydrogens is 540 g/mol. The van der Waals surface area contributed by atoms with Gasteiger partial charge in [-0.15, -0.1) is 0 Å². The Hall–Kier alpha value is 0.0700. The van der Waals surface area contributed by atoms with Gasteiger partial charge >= 0.3 is 5.97 Å². The van der Waals surface area contributed by atoms with Crippen molar-refractivity contribution in [3.8, 4) is 0 Å². The van der Waals surface area contributed by atoms with E-state index >= 15 is 0 Å². The molecule has 8 heteroatoms. The highest BCUT2D eigenvalue weighted by molar-refractivity contribution is 7.80. The van der Waals surface area contributed by atoms with Crippen LogP contribution in [-0.2, 0) is 33.2 Å². The molecule has 0 fully saturated rings. The number of rotatable bonds is 29. The van der Waals surface area contributed by atoms with Crippen LogP contribution in [0.1, 0.15) is 137 Å². The minimum Gasteiger partial charge on any atom is -0.373 e. The Morgan fingerprint density at radius 1 is 0.488 bits per heavy atom. The average molecular weight is 611 g/mol. The van der Waals surface area contributed by atoms with Crippen molar-refractivity contribution < 1.29 is 33.2 Å². The molecule has 0 bridgehead atoms. The van der Waals surface area contributed by atoms with Crippen LogP contribution in [0.4, 0.5) is 0 Å². The molecule has 0 aliphatic heterocycles. The van der Waals surface area contributed by atoms with E-state index in [1.165, 1.54) is 70.6 Å². The lowest BCUT2D eigenvalue weighted by Gasteiger charge is -2.39. The Morgan fingerprint density at radius 2 is 0.878 bits per heavy atom. The molecular formula is C33H70O7S. The molecule has 2 atom stereocenters. The summed E-state index contributed by atoms with van der Waals surface area (Å²) in [5.41, 5.74) is 0. The minimum absolute atomic E-state index is 0.205. The van der Waals surface area contributed by atoms with Gasteiger partial charge in [0.1, 0.15) is 6.10 Å². The van der Waals surface area contributed by atoms with Crippen LogP contribution in [-0.4, -0.2) is 72.1 Å². The quantitative estimate of drug-likeness (QED) is 0.0514. The standard InChI is InChI=1S/C19H40O3S.C14H30O4/c1-5-9-10-11-12-13-15-18(16-14-17-23)19(20-6-2,21-7-3)22-8-4;1-6-7-8-9-10-11-12-13(15-2)14(16-3,17-4)18-5/h18,23H,5-17H2,1-4H3;13H,6-12H2,1-5H3. The molecule has 0 aliphatic rings. The van der Waals surface area contributed by atoms with Crippen molar-refractivity contribution in [2.75, 3.05) is 54.0 Å². The predicted molar refractivity (Wildman–Crippen MR) is 175 cm³/mol. The first-order chi connectivity index (χ1) is 19.9.